The van der Waals surface area contributed by atoms with Crippen molar-refractivity contribution in [2.45, 2.75) is 44.4 Å². The van der Waals surface area contributed by atoms with E-state index in [1.807, 2.05) is 0 Å². The highest BCUT2D eigenvalue weighted by molar-refractivity contribution is 5.00. The molecule has 2 saturated heterocycles. The van der Waals surface area contributed by atoms with Crippen molar-refractivity contribution in [2.24, 2.45) is 5.92 Å². The Bertz CT molecular complexity index is 131. The van der Waals surface area contributed by atoms with Crippen LogP contribution in [0.3, 0.4) is 0 Å². The molecule has 1 aliphatic carbocycles. The minimum absolute atomic E-state index is 0.0602. The molecule has 10 heavy (non-hydrogen) atoms. The molecule has 0 aromatic heterocycles. The van der Waals surface area contributed by atoms with Crippen LogP contribution in [0.15, 0.2) is 0 Å². The number of nitrogens with one attached hydrogen (secondary N) is 1. The normalized spacial score (nSPS) is 52.2. The van der Waals surface area contributed by atoms with Crippen molar-refractivity contribution in [3.05, 3.63) is 0 Å². The number of aliphatic hydroxyl groups is 1. The second-order valence-electron chi connectivity index (χ2n) is 3.60. The van der Waals surface area contributed by atoms with Gasteiger partial charge in [-0.05, 0) is 25.2 Å². The summed E-state index contributed by atoms with van der Waals surface area (Å²) >= 11 is 0. The van der Waals surface area contributed by atoms with Gasteiger partial charge in [0.1, 0.15) is 0 Å². The van der Waals surface area contributed by atoms with Gasteiger partial charge < -0.3 is 10.4 Å². The van der Waals surface area contributed by atoms with Gasteiger partial charge in [-0.1, -0.05) is 6.92 Å². The van der Waals surface area contributed by atoms with E-state index in [0.717, 1.165) is 12.5 Å². The predicted molar refractivity (Wildman–Crippen MR) is 39.7 cm³/mol. The van der Waals surface area contributed by atoms with Crippen LogP contribution in [0.25, 0.3) is 0 Å². The molecule has 0 aromatic rings. The van der Waals surface area contributed by atoms with Gasteiger partial charge in [-0.2, -0.15) is 0 Å². The van der Waals surface area contributed by atoms with Gasteiger partial charge in [-0.15, -0.1) is 0 Å². The van der Waals surface area contributed by atoms with Crippen LogP contribution in [0, 0.1) is 5.92 Å². The third kappa shape index (κ3) is 0.789. The lowest BCUT2D eigenvalue weighted by atomic mass is 9.70. The Kier molecular flexibility index (Phi) is 1.46. The molecule has 58 valence electrons. The summed E-state index contributed by atoms with van der Waals surface area (Å²) in [6.07, 6.45) is 3.42. The maximum absolute atomic E-state index is 9.61. The van der Waals surface area contributed by atoms with Crippen molar-refractivity contribution in [3.63, 3.8) is 0 Å². The summed E-state index contributed by atoms with van der Waals surface area (Å²) in [6.45, 7) is 2.13. The molecule has 2 unspecified atom stereocenters. The second-order valence-corrected chi connectivity index (χ2v) is 3.60. The van der Waals surface area contributed by atoms with Crippen LogP contribution in [-0.2, 0) is 0 Å². The van der Waals surface area contributed by atoms with Crippen molar-refractivity contribution >= 4 is 0 Å². The smallest absolute Gasteiger partial charge is 0.0722 e. The van der Waals surface area contributed by atoms with Crippen LogP contribution < -0.4 is 5.32 Å². The zero-order valence-corrected chi connectivity index (χ0v) is 6.38. The third-order valence-corrected chi connectivity index (χ3v) is 2.96. The summed E-state index contributed by atoms with van der Waals surface area (Å²) in [5.41, 5.74) is 0. The lowest BCUT2D eigenvalue weighted by Gasteiger charge is -2.49. The highest BCUT2D eigenvalue weighted by Gasteiger charge is 2.43. The van der Waals surface area contributed by atoms with Gasteiger partial charge in [0, 0.05) is 12.1 Å². The van der Waals surface area contributed by atoms with E-state index in [9.17, 15) is 5.11 Å². The molecule has 0 aromatic carbocycles. The van der Waals surface area contributed by atoms with Gasteiger partial charge in [-0.3, -0.25) is 0 Å². The molecule has 2 atom stereocenters. The summed E-state index contributed by atoms with van der Waals surface area (Å²) < 4.78 is 0. The van der Waals surface area contributed by atoms with Crippen molar-refractivity contribution in [3.8, 4) is 0 Å². The monoisotopic (exact) mass is 141 g/mol. The van der Waals surface area contributed by atoms with Crippen molar-refractivity contribution in [1.82, 2.24) is 5.32 Å². The number of piperidine rings is 2. The molecule has 3 rings (SSSR count). The average molecular weight is 141 g/mol. The summed E-state index contributed by atoms with van der Waals surface area (Å²) in [5.74, 6) is 0.621. The Balaban J connectivity index is 1.99. The maximum Gasteiger partial charge on any atom is 0.0722 e. The summed E-state index contributed by atoms with van der Waals surface area (Å²) in [7, 11) is 0. The Morgan fingerprint density at radius 1 is 1.50 bits per heavy atom. The van der Waals surface area contributed by atoms with Crippen molar-refractivity contribution in [1.29, 1.82) is 0 Å². The molecule has 2 heteroatoms. The number of aliphatic hydroxyl groups excluding tert-OH is 1. The van der Waals surface area contributed by atoms with Crippen LogP contribution in [0.4, 0.5) is 0 Å². The first-order chi connectivity index (χ1) is 4.81. The van der Waals surface area contributed by atoms with E-state index >= 15 is 0 Å². The second kappa shape index (κ2) is 2.21. The molecule has 2 nitrogen and oxygen atoms in total. The third-order valence-electron chi connectivity index (χ3n) is 2.96. The van der Waals surface area contributed by atoms with Gasteiger partial charge in [0.05, 0.1) is 6.10 Å². The zero-order chi connectivity index (χ0) is 7.14. The fourth-order valence-corrected chi connectivity index (χ4v) is 2.17. The number of fused-ring (bicyclic) bond motifs is 2. The quantitative estimate of drug-likeness (QED) is 0.557. The molecule has 3 aliphatic rings. The Hall–Kier alpha value is -0.0800. The summed E-state index contributed by atoms with van der Waals surface area (Å²) in [4.78, 5) is 0. The van der Waals surface area contributed by atoms with Crippen LogP contribution in [0.2, 0.25) is 0 Å². The molecule has 0 amide bonds. The van der Waals surface area contributed by atoms with E-state index in [4.69, 9.17) is 0 Å². The van der Waals surface area contributed by atoms with E-state index in [0.29, 0.717) is 12.0 Å². The van der Waals surface area contributed by atoms with Gasteiger partial charge in [-0.25, -0.2) is 0 Å². The lowest BCUT2D eigenvalue weighted by molar-refractivity contribution is -0.0382. The molecule has 1 saturated carbocycles. The van der Waals surface area contributed by atoms with Gasteiger partial charge in [0.15, 0.2) is 0 Å². The minimum atomic E-state index is -0.0602. The van der Waals surface area contributed by atoms with E-state index in [1.165, 1.54) is 12.8 Å². The molecule has 3 fully saturated rings. The molecular formula is C8H15NO. The number of rotatable bonds is 1. The van der Waals surface area contributed by atoms with Gasteiger partial charge in [0.25, 0.3) is 0 Å². The van der Waals surface area contributed by atoms with Crippen LogP contribution in [-0.4, -0.2) is 23.3 Å². The lowest BCUT2D eigenvalue weighted by Crippen LogP contribution is -2.62. The molecule has 2 N–H and O–H groups in total. The summed E-state index contributed by atoms with van der Waals surface area (Å²) in [5, 5.41) is 13.0. The Morgan fingerprint density at radius 2 is 2.20 bits per heavy atom. The number of hydrogen-bond acceptors (Lipinski definition) is 2. The van der Waals surface area contributed by atoms with Crippen LogP contribution >= 0.6 is 0 Å². The Labute approximate surface area is 61.6 Å². The van der Waals surface area contributed by atoms with E-state index < -0.39 is 0 Å². The predicted octanol–water partition coefficient (Wildman–Crippen LogP) is 0.508. The van der Waals surface area contributed by atoms with Crippen LogP contribution in [0.5, 0.6) is 0 Å². The first-order valence-corrected chi connectivity index (χ1v) is 4.25. The van der Waals surface area contributed by atoms with Crippen molar-refractivity contribution in [2.75, 3.05) is 0 Å². The SMILES string of the molecule is CCC1NC2CC(C2)C1O. The molecule has 0 spiro atoms. The van der Waals surface area contributed by atoms with E-state index in [1.54, 1.807) is 0 Å². The van der Waals surface area contributed by atoms with E-state index in [2.05, 4.69) is 12.2 Å². The van der Waals surface area contributed by atoms with E-state index in [-0.39, 0.29) is 6.10 Å². The fraction of sp³-hybridized carbons (Fsp3) is 1.00. The zero-order valence-electron chi connectivity index (χ0n) is 6.38. The average Bonchev–Trinajstić information content (AvgIpc) is 1.85. The molecule has 2 bridgehead atoms. The molecular weight excluding hydrogens is 126 g/mol. The van der Waals surface area contributed by atoms with Crippen LogP contribution in [0.1, 0.15) is 26.2 Å². The first-order valence-electron chi connectivity index (χ1n) is 4.25. The molecule has 2 aliphatic heterocycles. The highest BCUT2D eigenvalue weighted by atomic mass is 16.3. The highest BCUT2D eigenvalue weighted by Crippen LogP contribution is 2.37. The maximum atomic E-state index is 9.61. The van der Waals surface area contributed by atoms with Gasteiger partial charge >= 0.3 is 0 Å². The number of hydrogen-bond donors (Lipinski definition) is 2. The largest absolute Gasteiger partial charge is 0.391 e. The standard InChI is InChI=1S/C8H15NO/c1-2-7-8(10)5-3-6(4-5)9-7/h5-10H,2-4H2,1H3. The topological polar surface area (TPSA) is 32.3 Å². The minimum Gasteiger partial charge on any atom is -0.391 e. The fourth-order valence-electron chi connectivity index (χ4n) is 2.17. The Morgan fingerprint density at radius 3 is 2.60 bits per heavy atom. The van der Waals surface area contributed by atoms with Gasteiger partial charge in [0.2, 0.25) is 0 Å². The van der Waals surface area contributed by atoms with Crippen molar-refractivity contribution < 1.29 is 5.11 Å². The summed E-state index contributed by atoms with van der Waals surface area (Å²) in [6, 6.07) is 1.12. The molecule has 2 heterocycles. The first kappa shape index (κ1) is 6.62. The molecule has 0 radical (unpaired) electrons.